The van der Waals surface area contributed by atoms with Crippen molar-refractivity contribution in [3.8, 4) is 0 Å². The van der Waals surface area contributed by atoms with Crippen molar-refractivity contribution < 1.29 is 13.2 Å². The molecule has 8 heteroatoms. The smallest absolute Gasteiger partial charge is 0.251 e. The summed E-state index contributed by atoms with van der Waals surface area (Å²) in [6.07, 6.45) is 0.645. The Labute approximate surface area is 150 Å². The molecule has 2 rings (SSSR count). The molecule has 0 saturated carbocycles. The Bertz CT molecular complexity index is 679. The number of amides is 1. The fourth-order valence-corrected chi connectivity index (χ4v) is 4.31. The lowest BCUT2D eigenvalue weighted by atomic mass is 10.1. The van der Waals surface area contributed by atoms with E-state index in [0.717, 1.165) is 12.1 Å². The van der Waals surface area contributed by atoms with Gasteiger partial charge in [-0.3, -0.25) is 9.10 Å². The van der Waals surface area contributed by atoms with Crippen LogP contribution in [-0.2, 0) is 10.0 Å². The van der Waals surface area contributed by atoms with Crippen LogP contribution < -0.4 is 14.9 Å². The summed E-state index contributed by atoms with van der Waals surface area (Å²) < 4.78 is 25.4. The highest BCUT2D eigenvalue weighted by molar-refractivity contribution is 7.93. The number of rotatable bonds is 6. The van der Waals surface area contributed by atoms with Gasteiger partial charge in [-0.05, 0) is 50.6 Å². The molecule has 0 spiro atoms. The van der Waals surface area contributed by atoms with Gasteiger partial charge in [0.25, 0.3) is 5.91 Å². The van der Waals surface area contributed by atoms with E-state index in [1.165, 1.54) is 4.31 Å². The van der Waals surface area contributed by atoms with E-state index in [1.807, 2.05) is 20.8 Å². The first-order valence-electron chi connectivity index (χ1n) is 7.98. The Morgan fingerprint density at radius 3 is 2.62 bits per heavy atom. The number of carbonyl (C=O) groups is 1. The zero-order valence-corrected chi connectivity index (χ0v) is 16.0. The third-order valence-corrected chi connectivity index (χ3v) is 5.83. The van der Waals surface area contributed by atoms with Gasteiger partial charge in [0.15, 0.2) is 0 Å². The molecule has 1 amide bonds. The first kappa shape index (κ1) is 20.7. The summed E-state index contributed by atoms with van der Waals surface area (Å²) in [7, 11) is -3.19. The van der Waals surface area contributed by atoms with E-state index < -0.39 is 10.0 Å². The monoisotopic (exact) mass is 375 g/mol. The Kier molecular flexibility index (Phi) is 7.51. The molecule has 0 radical (unpaired) electrons. The molecule has 136 valence electrons. The van der Waals surface area contributed by atoms with Crippen LogP contribution in [0.25, 0.3) is 0 Å². The minimum absolute atomic E-state index is 0. The van der Waals surface area contributed by atoms with Crippen molar-refractivity contribution in [2.45, 2.75) is 33.2 Å². The van der Waals surface area contributed by atoms with Gasteiger partial charge >= 0.3 is 0 Å². The second-order valence-electron chi connectivity index (χ2n) is 5.91. The standard InChI is InChI=1S/C16H25N3O3S.ClH/c1-4-17-13(3)11-18-16(20)15-7-6-14(10-12(15)2)19-8-5-9-23(19,21)22;/h6-7,10,13,17H,4-5,8-9,11H2,1-3H3,(H,18,20);1H/t13-;/m1./s1. The Hall–Kier alpha value is -1.31. The van der Waals surface area contributed by atoms with Gasteiger partial charge in [-0.1, -0.05) is 6.92 Å². The predicted octanol–water partition coefficient (Wildman–Crippen LogP) is 1.68. The number of nitrogens with zero attached hydrogens (tertiary/aromatic N) is 1. The van der Waals surface area contributed by atoms with E-state index in [1.54, 1.807) is 18.2 Å². The molecule has 1 fully saturated rings. The number of sulfonamides is 1. The number of carbonyl (C=O) groups excluding carboxylic acids is 1. The molecule has 1 aliphatic rings. The number of likely N-dealkylation sites (N-methyl/N-ethyl adjacent to an activating group) is 1. The highest BCUT2D eigenvalue weighted by atomic mass is 35.5. The van der Waals surface area contributed by atoms with E-state index in [0.29, 0.717) is 30.8 Å². The summed E-state index contributed by atoms with van der Waals surface area (Å²) in [4.78, 5) is 12.3. The summed E-state index contributed by atoms with van der Waals surface area (Å²) in [6.45, 7) is 7.78. The molecule has 1 aromatic rings. The second kappa shape index (κ2) is 8.69. The van der Waals surface area contributed by atoms with Crippen LogP contribution in [0, 0.1) is 6.92 Å². The first-order chi connectivity index (χ1) is 10.8. The summed E-state index contributed by atoms with van der Waals surface area (Å²) >= 11 is 0. The molecule has 1 atom stereocenters. The lowest BCUT2D eigenvalue weighted by molar-refractivity contribution is 0.0949. The number of aryl methyl sites for hydroxylation is 1. The van der Waals surface area contributed by atoms with Crippen LogP contribution in [0.1, 0.15) is 36.2 Å². The lowest BCUT2D eigenvalue weighted by Crippen LogP contribution is -2.39. The van der Waals surface area contributed by atoms with Gasteiger partial charge in [0, 0.05) is 24.7 Å². The van der Waals surface area contributed by atoms with Gasteiger partial charge in [-0.25, -0.2) is 8.42 Å². The molecular formula is C16H26ClN3O3S. The molecule has 1 saturated heterocycles. The molecule has 1 aromatic carbocycles. The summed E-state index contributed by atoms with van der Waals surface area (Å²) in [5.41, 5.74) is 1.99. The number of nitrogens with one attached hydrogen (secondary N) is 2. The molecule has 6 nitrogen and oxygen atoms in total. The van der Waals surface area contributed by atoms with Crippen LogP contribution in [-0.4, -0.2) is 45.8 Å². The first-order valence-corrected chi connectivity index (χ1v) is 9.58. The zero-order chi connectivity index (χ0) is 17.0. The maximum atomic E-state index is 12.3. The number of hydrogen-bond acceptors (Lipinski definition) is 4. The van der Waals surface area contributed by atoms with E-state index in [-0.39, 0.29) is 30.1 Å². The maximum absolute atomic E-state index is 12.3. The summed E-state index contributed by atoms with van der Waals surface area (Å²) in [5.74, 6) is 0.0550. The second-order valence-corrected chi connectivity index (χ2v) is 7.92. The minimum atomic E-state index is -3.19. The average Bonchev–Trinajstić information content (AvgIpc) is 2.84. The van der Waals surface area contributed by atoms with Gasteiger partial charge in [-0.2, -0.15) is 0 Å². The Morgan fingerprint density at radius 1 is 1.38 bits per heavy atom. The minimum Gasteiger partial charge on any atom is -0.350 e. The van der Waals surface area contributed by atoms with E-state index >= 15 is 0 Å². The quantitative estimate of drug-likeness (QED) is 0.793. The molecule has 0 aliphatic carbocycles. The Balaban J connectivity index is 0.00000288. The SMILES string of the molecule is CCN[C@H](C)CNC(=O)c1ccc(N2CCCS2(=O)=O)cc1C.Cl. The molecule has 1 heterocycles. The molecule has 0 unspecified atom stereocenters. The summed E-state index contributed by atoms with van der Waals surface area (Å²) in [5, 5.41) is 6.13. The fraction of sp³-hybridized carbons (Fsp3) is 0.562. The molecule has 0 aromatic heterocycles. The normalized spacial score (nSPS) is 17.2. The van der Waals surface area contributed by atoms with Crippen LogP contribution in [0.4, 0.5) is 5.69 Å². The third-order valence-electron chi connectivity index (χ3n) is 3.96. The van der Waals surface area contributed by atoms with Crippen molar-refractivity contribution in [1.29, 1.82) is 0 Å². The van der Waals surface area contributed by atoms with E-state index in [2.05, 4.69) is 10.6 Å². The molecule has 1 aliphatic heterocycles. The van der Waals surface area contributed by atoms with Crippen molar-refractivity contribution >= 4 is 34.0 Å². The molecular weight excluding hydrogens is 350 g/mol. The number of benzene rings is 1. The van der Waals surface area contributed by atoms with Gasteiger partial charge < -0.3 is 10.6 Å². The Morgan fingerprint density at radius 2 is 2.08 bits per heavy atom. The zero-order valence-electron chi connectivity index (χ0n) is 14.3. The number of halogens is 1. The average molecular weight is 376 g/mol. The van der Waals surface area contributed by atoms with Gasteiger partial charge in [0.2, 0.25) is 10.0 Å². The molecule has 24 heavy (non-hydrogen) atoms. The van der Waals surface area contributed by atoms with Crippen molar-refractivity contribution in [3.63, 3.8) is 0 Å². The highest BCUT2D eigenvalue weighted by Gasteiger charge is 2.28. The maximum Gasteiger partial charge on any atom is 0.251 e. The van der Waals surface area contributed by atoms with Crippen LogP contribution in [0.15, 0.2) is 18.2 Å². The van der Waals surface area contributed by atoms with Gasteiger partial charge in [-0.15, -0.1) is 12.4 Å². The molecule has 0 bridgehead atoms. The van der Waals surface area contributed by atoms with Crippen molar-refractivity contribution in [1.82, 2.24) is 10.6 Å². The summed E-state index contributed by atoms with van der Waals surface area (Å²) in [6, 6.07) is 5.38. The van der Waals surface area contributed by atoms with Gasteiger partial charge in [0.1, 0.15) is 0 Å². The van der Waals surface area contributed by atoms with Gasteiger partial charge in [0.05, 0.1) is 11.4 Å². The van der Waals surface area contributed by atoms with Crippen LogP contribution in [0.5, 0.6) is 0 Å². The number of anilines is 1. The third kappa shape index (κ3) is 4.84. The highest BCUT2D eigenvalue weighted by Crippen LogP contribution is 2.26. The predicted molar refractivity (Wildman–Crippen MR) is 99.6 cm³/mol. The fourth-order valence-electron chi connectivity index (χ4n) is 2.75. The number of hydrogen-bond donors (Lipinski definition) is 2. The van der Waals surface area contributed by atoms with Crippen LogP contribution in [0.2, 0.25) is 0 Å². The van der Waals surface area contributed by atoms with Crippen molar-refractivity contribution in [2.75, 3.05) is 29.7 Å². The van der Waals surface area contributed by atoms with E-state index in [9.17, 15) is 13.2 Å². The van der Waals surface area contributed by atoms with Crippen LogP contribution >= 0.6 is 12.4 Å². The van der Waals surface area contributed by atoms with Crippen molar-refractivity contribution in [3.05, 3.63) is 29.3 Å². The molecule has 2 N–H and O–H groups in total. The topological polar surface area (TPSA) is 78.5 Å². The lowest BCUT2D eigenvalue weighted by Gasteiger charge is -2.19. The van der Waals surface area contributed by atoms with Crippen molar-refractivity contribution in [2.24, 2.45) is 0 Å². The largest absolute Gasteiger partial charge is 0.350 e. The van der Waals surface area contributed by atoms with E-state index in [4.69, 9.17) is 0 Å². The van der Waals surface area contributed by atoms with Crippen LogP contribution in [0.3, 0.4) is 0 Å².